The number of ether oxygens (including phenoxy) is 2. The van der Waals surface area contributed by atoms with Crippen molar-refractivity contribution in [1.82, 2.24) is 0 Å². The van der Waals surface area contributed by atoms with Gasteiger partial charge in [0.15, 0.2) is 17.3 Å². The highest BCUT2D eigenvalue weighted by molar-refractivity contribution is 5.56. The van der Waals surface area contributed by atoms with Gasteiger partial charge < -0.3 is 14.3 Å². The zero-order valence-corrected chi connectivity index (χ0v) is 10.5. The summed E-state index contributed by atoms with van der Waals surface area (Å²) < 4.78 is 23.9. The van der Waals surface area contributed by atoms with Gasteiger partial charge in [-0.05, 0) is 30.0 Å². The molecule has 0 amide bonds. The highest BCUT2D eigenvalue weighted by Gasteiger charge is 2.19. The van der Waals surface area contributed by atoms with Gasteiger partial charge in [-0.1, -0.05) is 6.92 Å². The lowest BCUT2D eigenvalue weighted by atomic mass is 9.93. The van der Waals surface area contributed by atoms with Crippen molar-refractivity contribution in [2.24, 2.45) is 0 Å². The summed E-state index contributed by atoms with van der Waals surface area (Å²) in [5, 5.41) is 0. The largest absolute Gasteiger partial charge is 0.492 e. The van der Waals surface area contributed by atoms with E-state index in [1.165, 1.54) is 20.3 Å². The zero-order chi connectivity index (χ0) is 13.0. The van der Waals surface area contributed by atoms with Crippen molar-refractivity contribution in [3.05, 3.63) is 23.0 Å². The van der Waals surface area contributed by atoms with Gasteiger partial charge in [0.05, 0.1) is 14.2 Å². The second-order valence-electron chi connectivity index (χ2n) is 3.94. The first kappa shape index (κ1) is 13.5. The second-order valence-corrected chi connectivity index (χ2v) is 3.94. The summed E-state index contributed by atoms with van der Waals surface area (Å²) in [5.41, 5.74) is 1.58. The molecule has 1 aromatic rings. The minimum atomic E-state index is -0.470. The fourth-order valence-corrected chi connectivity index (χ4v) is 1.94. The molecule has 0 aromatic heterocycles. The first-order valence-corrected chi connectivity index (χ1v) is 5.41. The summed E-state index contributed by atoms with van der Waals surface area (Å²) in [6, 6.07) is 1.41. The molecule has 0 spiro atoms. The number of rotatable bonds is 5. The molecule has 0 aliphatic heterocycles. The maximum absolute atomic E-state index is 13.8. The SMILES string of the molecule is COc1c(F)cc(C(C)CC=O)c(C)c1OC. The molecule has 0 saturated carbocycles. The van der Waals surface area contributed by atoms with Crippen LogP contribution in [0.15, 0.2) is 6.07 Å². The third-order valence-electron chi connectivity index (χ3n) is 2.87. The van der Waals surface area contributed by atoms with E-state index in [4.69, 9.17) is 9.47 Å². The molecular weight excluding hydrogens is 223 g/mol. The van der Waals surface area contributed by atoms with Crippen LogP contribution in [-0.4, -0.2) is 20.5 Å². The summed E-state index contributed by atoms with van der Waals surface area (Å²) in [6.07, 6.45) is 1.19. The Bertz CT molecular complexity index is 416. The first-order valence-electron chi connectivity index (χ1n) is 5.41. The molecule has 3 nitrogen and oxygen atoms in total. The molecule has 0 fully saturated rings. The fraction of sp³-hybridized carbons (Fsp3) is 0.462. The number of hydrogen-bond donors (Lipinski definition) is 0. The number of methoxy groups -OCH3 is 2. The molecule has 0 aliphatic carbocycles. The van der Waals surface area contributed by atoms with Crippen molar-refractivity contribution in [2.75, 3.05) is 14.2 Å². The minimum absolute atomic E-state index is 0.0400. The maximum atomic E-state index is 13.8. The lowest BCUT2D eigenvalue weighted by Gasteiger charge is -2.18. The van der Waals surface area contributed by atoms with Crippen LogP contribution in [0.4, 0.5) is 4.39 Å². The highest BCUT2D eigenvalue weighted by atomic mass is 19.1. The van der Waals surface area contributed by atoms with Crippen LogP contribution < -0.4 is 9.47 Å². The normalized spacial score (nSPS) is 12.1. The molecule has 0 heterocycles. The van der Waals surface area contributed by atoms with E-state index >= 15 is 0 Å². The number of halogens is 1. The quantitative estimate of drug-likeness (QED) is 0.742. The van der Waals surface area contributed by atoms with Gasteiger partial charge in [0.2, 0.25) is 0 Å². The Morgan fingerprint density at radius 2 is 1.94 bits per heavy atom. The highest BCUT2D eigenvalue weighted by Crippen LogP contribution is 2.38. The van der Waals surface area contributed by atoms with Crippen molar-refractivity contribution in [3.8, 4) is 11.5 Å². The Morgan fingerprint density at radius 3 is 2.41 bits per heavy atom. The van der Waals surface area contributed by atoms with Crippen LogP contribution in [0.3, 0.4) is 0 Å². The Kier molecular flexibility index (Phi) is 4.49. The Labute approximate surface area is 101 Å². The van der Waals surface area contributed by atoms with Gasteiger partial charge in [-0.3, -0.25) is 0 Å². The predicted molar refractivity (Wildman–Crippen MR) is 63.3 cm³/mol. The average molecular weight is 240 g/mol. The van der Waals surface area contributed by atoms with Gasteiger partial charge in [-0.15, -0.1) is 0 Å². The Morgan fingerprint density at radius 1 is 1.35 bits per heavy atom. The van der Waals surface area contributed by atoms with Crippen LogP contribution in [0.1, 0.15) is 30.4 Å². The summed E-state index contributed by atoms with van der Waals surface area (Å²) >= 11 is 0. The minimum Gasteiger partial charge on any atom is -0.492 e. The predicted octanol–water partition coefficient (Wildman–Crippen LogP) is 2.84. The van der Waals surface area contributed by atoms with Crippen molar-refractivity contribution in [1.29, 1.82) is 0 Å². The lowest BCUT2D eigenvalue weighted by molar-refractivity contribution is -0.108. The zero-order valence-electron chi connectivity index (χ0n) is 10.5. The van der Waals surface area contributed by atoms with Crippen LogP contribution in [0, 0.1) is 12.7 Å². The van der Waals surface area contributed by atoms with Crippen molar-refractivity contribution in [3.63, 3.8) is 0 Å². The second kappa shape index (κ2) is 5.66. The van der Waals surface area contributed by atoms with Gasteiger partial charge >= 0.3 is 0 Å². The van der Waals surface area contributed by atoms with Crippen LogP contribution in [0.2, 0.25) is 0 Å². The van der Waals surface area contributed by atoms with Crippen molar-refractivity contribution in [2.45, 2.75) is 26.2 Å². The van der Waals surface area contributed by atoms with Gasteiger partial charge in [-0.2, -0.15) is 0 Å². The molecule has 1 unspecified atom stereocenters. The van der Waals surface area contributed by atoms with Crippen molar-refractivity contribution < 1.29 is 18.7 Å². The molecular formula is C13H17FO3. The third-order valence-corrected chi connectivity index (χ3v) is 2.87. The molecule has 0 N–H and O–H groups in total. The summed E-state index contributed by atoms with van der Waals surface area (Å²) in [4.78, 5) is 10.5. The molecule has 0 saturated heterocycles. The van der Waals surface area contributed by atoms with E-state index in [9.17, 15) is 9.18 Å². The smallest absolute Gasteiger partial charge is 0.197 e. The topological polar surface area (TPSA) is 35.5 Å². The van der Waals surface area contributed by atoms with Crippen LogP contribution >= 0.6 is 0 Å². The van der Waals surface area contributed by atoms with Crippen molar-refractivity contribution >= 4 is 6.29 Å². The molecule has 1 rings (SSSR count). The summed E-state index contributed by atoms with van der Waals surface area (Å²) in [7, 11) is 2.87. The maximum Gasteiger partial charge on any atom is 0.197 e. The number of carbonyl (C=O) groups excluding carboxylic acids is 1. The first-order chi connectivity index (χ1) is 8.06. The molecule has 0 bridgehead atoms. The van der Waals surface area contributed by atoms with E-state index in [0.29, 0.717) is 12.2 Å². The summed E-state index contributed by atoms with van der Waals surface area (Å²) in [6.45, 7) is 3.71. The van der Waals surface area contributed by atoms with E-state index in [0.717, 1.165) is 17.4 Å². The van der Waals surface area contributed by atoms with Gasteiger partial charge in [0.25, 0.3) is 0 Å². The standard InChI is InChI=1S/C13H17FO3/c1-8(5-6-15)10-7-11(14)13(17-4)12(16-3)9(10)2/h6-8H,5H2,1-4H3. The lowest BCUT2D eigenvalue weighted by Crippen LogP contribution is -2.04. The van der Waals surface area contributed by atoms with E-state index < -0.39 is 5.82 Å². The third kappa shape index (κ3) is 2.57. The fourth-order valence-electron chi connectivity index (χ4n) is 1.94. The Balaban J connectivity index is 3.34. The average Bonchev–Trinajstić information content (AvgIpc) is 2.31. The molecule has 1 atom stereocenters. The van der Waals surface area contributed by atoms with Gasteiger partial charge in [-0.25, -0.2) is 4.39 Å². The van der Waals surface area contributed by atoms with Gasteiger partial charge in [0, 0.05) is 6.42 Å². The molecule has 0 radical (unpaired) electrons. The van der Waals surface area contributed by atoms with Crippen LogP contribution in [0.25, 0.3) is 0 Å². The molecule has 1 aromatic carbocycles. The Hall–Kier alpha value is -1.58. The molecule has 17 heavy (non-hydrogen) atoms. The van der Waals surface area contributed by atoms with E-state index in [1.54, 1.807) is 0 Å². The van der Waals surface area contributed by atoms with E-state index in [1.807, 2.05) is 13.8 Å². The molecule has 4 heteroatoms. The van der Waals surface area contributed by atoms with Gasteiger partial charge in [0.1, 0.15) is 6.29 Å². The molecule has 94 valence electrons. The number of hydrogen-bond acceptors (Lipinski definition) is 3. The van der Waals surface area contributed by atoms with Crippen LogP contribution in [0.5, 0.6) is 11.5 Å². The monoisotopic (exact) mass is 240 g/mol. The number of aldehydes is 1. The number of carbonyl (C=O) groups is 1. The molecule has 0 aliphatic rings. The number of benzene rings is 1. The van der Waals surface area contributed by atoms with E-state index in [2.05, 4.69) is 0 Å². The van der Waals surface area contributed by atoms with E-state index in [-0.39, 0.29) is 11.7 Å². The summed E-state index contributed by atoms with van der Waals surface area (Å²) in [5.74, 6) is -0.0168. The van der Waals surface area contributed by atoms with Crippen LogP contribution in [-0.2, 0) is 4.79 Å².